The number of benzene rings is 1. The number of hydrogen-bond acceptors (Lipinski definition) is 4. The number of hydrogen-bond donors (Lipinski definition) is 1. The Morgan fingerprint density at radius 3 is 2.52 bits per heavy atom. The number of nitrogens with one attached hydrogen (secondary N) is 1. The molecule has 5 heteroatoms. The Bertz CT molecular complexity index is 760. The van der Waals surface area contributed by atoms with E-state index in [1.54, 1.807) is 18.9 Å². The molecule has 23 heavy (non-hydrogen) atoms. The van der Waals surface area contributed by atoms with Gasteiger partial charge < -0.3 is 10.2 Å². The van der Waals surface area contributed by atoms with Gasteiger partial charge in [0.1, 0.15) is 6.07 Å². The van der Waals surface area contributed by atoms with E-state index in [4.69, 9.17) is 0 Å². The summed E-state index contributed by atoms with van der Waals surface area (Å²) in [5.74, 6) is -0.132. The zero-order chi connectivity index (χ0) is 17.0. The molecule has 0 saturated heterocycles. The van der Waals surface area contributed by atoms with Crippen LogP contribution in [-0.4, -0.2) is 24.5 Å². The first-order valence-corrected chi connectivity index (χ1v) is 7.36. The number of nitrogens with zero attached hydrogens (tertiary/aromatic N) is 3. The molecule has 0 fully saturated rings. The number of likely N-dealkylation sites (N-methyl/N-ethyl adjacent to an activating group) is 1. The molecule has 2 rings (SSSR count). The molecule has 0 radical (unpaired) electrons. The van der Waals surface area contributed by atoms with Crippen LogP contribution in [0.4, 0.5) is 11.4 Å². The van der Waals surface area contributed by atoms with Crippen LogP contribution in [0.3, 0.4) is 0 Å². The summed E-state index contributed by atoms with van der Waals surface area (Å²) in [6.45, 7) is 5.83. The Morgan fingerprint density at radius 2 is 1.91 bits per heavy atom. The predicted octanol–water partition coefficient (Wildman–Crippen LogP) is 2.95. The van der Waals surface area contributed by atoms with Gasteiger partial charge in [-0.2, -0.15) is 5.26 Å². The molecule has 0 unspecified atom stereocenters. The van der Waals surface area contributed by atoms with Crippen LogP contribution < -0.4 is 10.2 Å². The maximum atomic E-state index is 12.2. The molecule has 0 atom stereocenters. The number of aryl methyl sites for hydroxylation is 3. The standard InChI is InChI=1S/C18H20N4O/c1-12-5-7-15(8-6-12)21-18(23)11-22(4)17-9-13(2)20-14(3)16(17)10-19/h5-9H,11H2,1-4H3,(H,21,23). The van der Waals surface area contributed by atoms with E-state index in [2.05, 4.69) is 16.4 Å². The zero-order valence-electron chi connectivity index (χ0n) is 13.8. The number of carbonyl (C=O) groups is 1. The quantitative estimate of drug-likeness (QED) is 0.943. The number of nitriles is 1. The van der Waals surface area contributed by atoms with E-state index in [9.17, 15) is 10.1 Å². The van der Waals surface area contributed by atoms with Crippen LogP contribution in [0, 0.1) is 32.1 Å². The predicted molar refractivity (Wildman–Crippen MR) is 91.5 cm³/mol. The number of amides is 1. The van der Waals surface area contributed by atoms with E-state index in [1.165, 1.54) is 0 Å². The molecule has 0 aliphatic heterocycles. The highest BCUT2D eigenvalue weighted by molar-refractivity contribution is 5.94. The van der Waals surface area contributed by atoms with Crippen molar-refractivity contribution in [3.63, 3.8) is 0 Å². The van der Waals surface area contributed by atoms with Gasteiger partial charge in [-0.05, 0) is 39.0 Å². The second-order valence-corrected chi connectivity index (χ2v) is 5.63. The molecule has 0 spiro atoms. The van der Waals surface area contributed by atoms with Gasteiger partial charge in [0, 0.05) is 18.4 Å². The summed E-state index contributed by atoms with van der Waals surface area (Å²) in [6.07, 6.45) is 0. The molecule has 0 aliphatic carbocycles. The minimum atomic E-state index is -0.132. The first kappa shape index (κ1) is 16.5. The van der Waals surface area contributed by atoms with Crippen LogP contribution in [-0.2, 0) is 4.79 Å². The first-order chi connectivity index (χ1) is 10.9. The van der Waals surface area contributed by atoms with Crippen molar-refractivity contribution >= 4 is 17.3 Å². The summed E-state index contributed by atoms with van der Waals surface area (Å²) in [6, 6.07) is 11.6. The fourth-order valence-electron chi connectivity index (χ4n) is 2.39. The van der Waals surface area contributed by atoms with Crippen LogP contribution >= 0.6 is 0 Å². The molecule has 0 aliphatic rings. The molecule has 118 valence electrons. The van der Waals surface area contributed by atoms with Crippen molar-refractivity contribution in [2.24, 2.45) is 0 Å². The van der Waals surface area contributed by atoms with Crippen LogP contribution in [0.5, 0.6) is 0 Å². The molecule has 1 aromatic carbocycles. The molecule has 1 amide bonds. The smallest absolute Gasteiger partial charge is 0.243 e. The third-order valence-electron chi connectivity index (χ3n) is 3.55. The van der Waals surface area contributed by atoms with Gasteiger partial charge in [0.05, 0.1) is 23.5 Å². The average Bonchev–Trinajstić information content (AvgIpc) is 2.48. The van der Waals surface area contributed by atoms with E-state index < -0.39 is 0 Å². The molecule has 5 nitrogen and oxygen atoms in total. The van der Waals surface area contributed by atoms with Gasteiger partial charge >= 0.3 is 0 Å². The SMILES string of the molecule is Cc1ccc(NC(=O)CN(C)c2cc(C)nc(C)c2C#N)cc1. The third kappa shape index (κ3) is 4.07. The number of pyridine rings is 1. The van der Waals surface area contributed by atoms with Crippen LogP contribution in [0.25, 0.3) is 0 Å². The summed E-state index contributed by atoms with van der Waals surface area (Å²) < 4.78 is 0. The van der Waals surface area contributed by atoms with Crippen molar-refractivity contribution in [2.45, 2.75) is 20.8 Å². The van der Waals surface area contributed by atoms with E-state index in [1.807, 2.05) is 44.2 Å². The monoisotopic (exact) mass is 308 g/mol. The lowest BCUT2D eigenvalue weighted by Gasteiger charge is -2.21. The molecule has 0 bridgehead atoms. The fourth-order valence-corrected chi connectivity index (χ4v) is 2.39. The number of carbonyl (C=O) groups excluding carboxylic acids is 1. The summed E-state index contributed by atoms with van der Waals surface area (Å²) >= 11 is 0. The molecule has 1 N–H and O–H groups in total. The lowest BCUT2D eigenvalue weighted by Crippen LogP contribution is -2.30. The van der Waals surface area contributed by atoms with Gasteiger partial charge in [0.2, 0.25) is 5.91 Å². The van der Waals surface area contributed by atoms with Crippen molar-refractivity contribution in [3.8, 4) is 6.07 Å². The summed E-state index contributed by atoms with van der Waals surface area (Å²) in [4.78, 5) is 18.3. The van der Waals surface area contributed by atoms with Crippen molar-refractivity contribution in [1.29, 1.82) is 5.26 Å². The minimum absolute atomic E-state index is 0.132. The molecular weight excluding hydrogens is 288 g/mol. The van der Waals surface area contributed by atoms with E-state index in [0.717, 1.165) is 22.6 Å². The lowest BCUT2D eigenvalue weighted by molar-refractivity contribution is -0.114. The Balaban J connectivity index is 2.13. The first-order valence-electron chi connectivity index (χ1n) is 7.36. The number of anilines is 2. The highest BCUT2D eigenvalue weighted by atomic mass is 16.2. The zero-order valence-corrected chi connectivity index (χ0v) is 13.8. The summed E-state index contributed by atoms with van der Waals surface area (Å²) in [7, 11) is 1.80. The van der Waals surface area contributed by atoms with Crippen LogP contribution in [0.2, 0.25) is 0 Å². The average molecular weight is 308 g/mol. The Kier molecular flexibility index (Phi) is 4.97. The topological polar surface area (TPSA) is 69.0 Å². The van der Waals surface area contributed by atoms with E-state index >= 15 is 0 Å². The molecular formula is C18H20N4O. The van der Waals surface area contributed by atoms with E-state index in [0.29, 0.717) is 11.3 Å². The highest BCUT2D eigenvalue weighted by Crippen LogP contribution is 2.22. The Hall–Kier alpha value is -2.87. The fraction of sp³-hybridized carbons (Fsp3) is 0.278. The molecule has 0 saturated carbocycles. The molecule has 1 aromatic heterocycles. The largest absolute Gasteiger partial charge is 0.364 e. The van der Waals surface area contributed by atoms with Crippen molar-refractivity contribution in [2.75, 3.05) is 23.8 Å². The van der Waals surface area contributed by atoms with Gasteiger partial charge in [0.25, 0.3) is 0 Å². The number of aromatic nitrogens is 1. The van der Waals surface area contributed by atoms with Gasteiger partial charge in [-0.1, -0.05) is 17.7 Å². The Morgan fingerprint density at radius 1 is 1.26 bits per heavy atom. The minimum Gasteiger partial charge on any atom is -0.364 e. The van der Waals surface area contributed by atoms with E-state index in [-0.39, 0.29) is 12.5 Å². The lowest BCUT2D eigenvalue weighted by atomic mass is 10.1. The van der Waals surface area contributed by atoms with Crippen LogP contribution in [0.15, 0.2) is 30.3 Å². The Labute approximate surface area is 136 Å². The van der Waals surface area contributed by atoms with Gasteiger partial charge in [0.15, 0.2) is 0 Å². The van der Waals surface area contributed by atoms with Gasteiger partial charge in [-0.3, -0.25) is 9.78 Å². The molecule has 2 aromatic rings. The third-order valence-corrected chi connectivity index (χ3v) is 3.55. The summed E-state index contributed by atoms with van der Waals surface area (Å²) in [5.41, 5.74) is 4.62. The maximum absolute atomic E-state index is 12.2. The van der Waals surface area contributed by atoms with Crippen LogP contribution in [0.1, 0.15) is 22.5 Å². The van der Waals surface area contributed by atoms with Gasteiger partial charge in [-0.25, -0.2) is 0 Å². The summed E-state index contributed by atoms with van der Waals surface area (Å²) in [5, 5.41) is 12.2. The van der Waals surface area contributed by atoms with Crippen molar-refractivity contribution in [3.05, 3.63) is 52.8 Å². The highest BCUT2D eigenvalue weighted by Gasteiger charge is 2.14. The maximum Gasteiger partial charge on any atom is 0.243 e. The van der Waals surface area contributed by atoms with Crippen molar-refractivity contribution in [1.82, 2.24) is 4.98 Å². The molecule has 1 heterocycles. The van der Waals surface area contributed by atoms with Gasteiger partial charge in [-0.15, -0.1) is 0 Å². The normalized spacial score (nSPS) is 10.0. The second-order valence-electron chi connectivity index (χ2n) is 5.63. The van der Waals surface area contributed by atoms with Crippen molar-refractivity contribution < 1.29 is 4.79 Å². The number of rotatable bonds is 4. The second kappa shape index (κ2) is 6.93.